The fraction of sp³-hybridized carbons (Fsp3) is 0.875. The van der Waals surface area contributed by atoms with Gasteiger partial charge >= 0.3 is 5.97 Å². The van der Waals surface area contributed by atoms with Crippen LogP contribution in [0, 0.1) is 0 Å². The van der Waals surface area contributed by atoms with Gasteiger partial charge in [-0.15, -0.1) is 0 Å². The second-order valence-electron chi connectivity index (χ2n) is 3.17. The van der Waals surface area contributed by atoms with Crippen molar-refractivity contribution >= 4 is 5.97 Å². The first-order chi connectivity index (χ1) is 5.21. The van der Waals surface area contributed by atoms with Crippen molar-refractivity contribution < 1.29 is 9.90 Å². The van der Waals surface area contributed by atoms with Crippen molar-refractivity contribution in [2.75, 3.05) is 6.54 Å². The molecule has 1 rings (SSSR count). The molecule has 2 N–H and O–H groups in total. The summed E-state index contributed by atoms with van der Waals surface area (Å²) in [4.78, 5) is 10.9. The molecule has 0 unspecified atom stereocenters. The maximum atomic E-state index is 10.9. The molecule has 1 atom stereocenters. The zero-order valence-corrected chi connectivity index (χ0v) is 6.89. The number of carboxylic acids is 1. The largest absolute Gasteiger partial charge is 0.480 e. The summed E-state index contributed by atoms with van der Waals surface area (Å²) >= 11 is 0. The number of hydrogen-bond acceptors (Lipinski definition) is 2. The van der Waals surface area contributed by atoms with Gasteiger partial charge in [-0.2, -0.15) is 0 Å². The molecule has 1 fully saturated rings. The number of hydrogen-bond donors (Lipinski definition) is 2. The van der Waals surface area contributed by atoms with Gasteiger partial charge in [-0.3, -0.25) is 4.79 Å². The van der Waals surface area contributed by atoms with E-state index in [9.17, 15) is 4.79 Å². The normalized spacial score (nSPS) is 30.6. The molecule has 0 spiro atoms. The lowest BCUT2D eigenvalue weighted by atomic mass is 9.92. The fourth-order valence-corrected chi connectivity index (χ4v) is 1.74. The number of aliphatic carboxylic acids is 1. The molecule has 1 heterocycles. The molecule has 0 bridgehead atoms. The van der Waals surface area contributed by atoms with Crippen molar-refractivity contribution in [1.29, 1.82) is 0 Å². The number of nitrogens with one attached hydrogen (secondary N) is 1. The summed E-state index contributed by atoms with van der Waals surface area (Å²) < 4.78 is 0. The number of carboxylic acid groups (broad SMARTS) is 1. The third kappa shape index (κ3) is 1.53. The van der Waals surface area contributed by atoms with Gasteiger partial charge in [0.2, 0.25) is 0 Å². The second kappa shape index (κ2) is 3.22. The van der Waals surface area contributed by atoms with Crippen LogP contribution in [0.4, 0.5) is 0 Å². The average Bonchev–Trinajstić information content (AvgIpc) is 2.38. The van der Waals surface area contributed by atoms with Gasteiger partial charge in [0, 0.05) is 0 Å². The summed E-state index contributed by atoms with van der Waals surface area (Å²) in [6, 6.07) is 0. The van der Waals surface area contributed by atoms with Crippen LogP contribution in [-0.2, 0) is 4.79 Å². The standard InChI is InChI=1S/C8H15NO2/c1-2-4-8(7(10)11)5-3-6-9-8/h9H,2-6H2,1H3,(H,10,11)/t8-/m1/s1. The highest BCUT2D eigenvalue weighted by Gasteiger charge is 2.39. The molecule has 0 aromatic rings. The SMILES string of the molecule is CCC[C@]1(C(=O)O)CCCN1. The maximum absolute atomic E-state index is 10.9. The monoisotopic (exact) mass is 157 g/mol. The fourth-order valence-electron chi connectivity index (χ4n) is 1.74. The van der Waals surface area contributed by atoms with Crippen LogP contribution in [0.3, 0.4) is 0 Å². The number of carbonyl (C=O) groups is 1. The smallest absolute Gasteiger partial charge is 0.323 e. The van der Waals surface area contributed by atoms with Gasteiger partial charge in [-0.25, -0.2) is 0 Å². The van der Waals surface area contributed by atoms with E-state index in [1.54, 1.807) is 0 Å². The molecule has 0 radical (unpaired) electrons. The lowest BCUT2D eigenvalue weighted by Gasteiger charge is -2.23. The third-order valence-electron chi connectivity index (χ3n) is 2.33. The molecule has 0 aromatic carbocycles. The maximum Gasteiger partial charge on any atom is 0.323 e. The zero-order valence-electron chi connectivity index (χ0n) is 6.89. The number of rotatable bonds is 3. The van der Waals surface area contributed by atoms with Gasteiger partial charge in [-0.05, 0) is 25.8 Å². The molecule has 3 nitrogen and oxygen atoms in total. The van der Waals surface area contributed by atoms with E-state index in [4.69, 9.17) is 5.11 Å². The highest BCUT2D eigenvalue weighted by Crippen LogP contribution is 2.24. The zero-order chi connectivity index (χ0) is 8.32. The average molecular weight is 157 g/mol. The van der Waals surface area contributed by atoms with E-state index in [1.165, 1.54) is 0 Å². The van der Waals surface area contributed by atoms with Crippen molar-refractivity contribution in [1.82, 2.24) is 5.32 Å². The lowest BCUT2D eigenvalue weighted by molar-refractivity contribution is -0.144. The van der Waals surface area contributed by atoms with Crippen LogP contribution in [0.1, 0.15) is 32.6 Å². The summed E-state index contributed by atoms with van der Waals surface area (Å²) in [7, 11) is 0. The Balaban J connectivity index is 2.62. The quantitative estimate of drug-likeness (QED) is 0.642. The molecule has 3 heteroatoms. The van der Waals surface area contributed by atoms with Gasteiger partial charge < -0.3 is 10.4 Å². The molecule has 1 aliphatic heterocycles. The van der Waals surface area contributed by atoms with E-state index in [0.717, 1.165) is 32.2 Å². The van der Waals surface area contributed by atoms with E-state index < -0.39 is 11.5 Å². The van der Waals surface area contributed by atoms with Crippen molar-refractivity contribution in [2.45, 2.75) is 38.1 Å². The van der Waals surface area contributed by atoms with Gasteiger partial charge in [-0.1, -0.05) is 13.3 Å². The Bertz CT molecular complexity index is 150. The summed E-state index contributed by atoms with van der Waals surface area (Å²) in [6.45, 7) is 2.87. The summed E-state index contributed by atoms with van der Waals surface area (Å²) in [5.74, 6) is -0.683. The first-order valence-electron chi connectivity index (χ1n) is 4.20. The molecule has 11 heavy (non-hydrogen) atoms. The Morgan fingerprint density at radius 2 is 2.45 bits per heavy atom. The molecular formula is C8H15NO2. The van der Waals surface area contributed by atoms with Crippen LogP contribution in [0.5, 0.6) is 0 Å². The summed E-state index contributed by atoms with van der Waals surface area (Å²) in [6.07, 6.45) is 3.46. The predicted molar refractivity (Wildman–Crippen MR) is 42.5 cm³/mol. The first-order valence-corrected chi connectivity index (χ1v) is 4.20. The van der Waals surface area contributed by atoms with Crippen molar-refractivity contribution in [3.63, 3.8) is 0 Å². The first kappa shape index (κ1) is 8.53. The van der Waals surface area contributed by atoms with Crippen LogP contribution in [0.2, 0.25) is 0 Å². The molecule has 0 aliphatic carbocycles. The Hall–Kier alpha value is -0.570. The Kier molecular flexibility index (Phi) is 2.49. The molecule has 1 saturated heterocycles. The molecular weight excluding hydrogens is 142 g/mol. The molecule has 0 saturated carbocycles. The van der Waals surface area contributed by atoms with Gasteiger partial charge in [0.05, 0.1) is 0 Å². The second-order valence-corrected chi connectivity index (χ2v) is 3.17. The topological polar surface area (TPSA) is 49.3 Å². The Morgan fingerprint density at radius 1 is 1.73 bits per heavy atom. The highest BCUT2D eigenvalue weighted by molar-refractivity contribution is 5.79. The molecule has 1 aliphatic rings. The summed E-state index contributed by atoms with van der Waals surface area (Å²) in [5, 5.41) is 12.0. The van der Waals surface area contributed by atoms with Gasteiger partial charge in [0.25, 0.3) is 0 Å². The van der Waals surface area contributed by atoms with Gasteiger partial charge in [0.1, 0.15) is 5.54 Å². The van der Waals surface area contributed by atoms with E-state index in [1.807, 2.05) is 6.92 Å². The molecule has 64 valence electrons. The van der Waals surface area contributed by atoms with E-state index in [0.29, 0.717) is 0 Å². The van der Waals surface area contributed by atoms with Crippen molar-refractivity contribution in [3.05, 3.63) is 0 Å². The van der Waals surface area contributed by atoms with Crippen LogP contribution in [0.15, 0.2) is 0 Å². The molecule has 0 aromatic heterocycles. The minimum atomic E-state index is -0.683. The van der Waals surface area contributed by atoms with E-state index in [2.05, 4.69) is 5.32 Å². The highest BCUT2D eigenvalue weighted by atomic mass is 16.4. The van der Waals surface area contributed by atoms with E-state index >= 15 is 0 Å². The Morgan fingerprint density at radius 3 is 2.82 bits per heavy atom. The van der Waals surface area contributed by atoms with Gasteiger partial charge in [0.15, 0.2) is 0 Å². The van der Waals surface area contributed by atoms with Crippen LogP contribution in [0.25, 0.3) is 0 Å². The summed E-state index contributed by atoms with van der Waals surface area (Å²) in [5.41, 5.74) is -0.589. The van der Waals surface area contributed by atoms with Crippen molar-refractivity contribution in [2.24, 2.45) is 0 Å². The molecule has 0 amide bonds. The minimum absolute atomic E-state index is 0.589. The third-order valence-corrected chi connectivity index (χ3v) is 2.33. The van der Waals surface area contributed by atoms with E-state index in [-0.39, 0.29) is 0 Å². The Labute approximate surface area is 66.8 Å². The minimum Gasteiger partial charge on any atom is -0.480 e. The van der Waals surface area contributed by atoms with Crippen LogP contribution >= 0.6 is 0 Å². The van der Waals surface area contributed by atoms with Crippen LogP contribution < -0.4 is 5.32 Å². The van der Waals surface area contributed by atoms with Crippen LogP contribution in [-0.4, -0.2) is 23.2 Å². The lowest BCUT2D eigenvalue weighted by Crippen LogP contribution is -2.47. The van der Waals surface area contributed by atoms with Crippen molar-refractivity contribution in [3.8, 4) is 0 Å². The predicted octanol–water partition coefficient (Wildman–Crippen LogP) is 0.993.